The number of hydrogen-bond acceptors (Lipinski definition) is 7. The van der Waals surface area contributed by atoms with E-state index in [1.807, 2.05) is 0 Å². The fraction of sp³-hybridized carbons (Fsp3) is 0.250. The van der Waals surface area contributed by atoms with Crippen molar-refractivity contribution in [2.45, 2.75) is 12.5 Å². The van der Waals surface area contributed by atoms with E-state index in [1.165, 1.54) is 19.2 Å². The second-order valence-electron chi connectivity index (χ2n) is 3.74. The zero-order valence-corrected chi connectivity index (χ0v) is 9.60. The van der Waals surface area contributed by atoms with Crippen LogP contribution in [-0.2, 0) is 14.6 Å². The average Bonchev–Trinajstić information content (AvgIpc) is 2.59. The summed E-state index contributed by atoms with van der Waals surface area (Å²) in [6.07, 6.45) is 2.60. The highest BCUT2D eigenvalue weighted by Gasteiger charge is 2.39. The summed E-state index contributed by atoms with van der Waals surface area (Å²) in [4.78, 5) is 0. The fourth-order valence-electron chi connectivity index (χ4n) is 1.67. The molecule has 0 amide bonds. The maximum Gasteiger partial charge on any atom is 0.398 e. The molecule has 1 aliphatic carbocycles. The van der Waals surface area contributed by atoms with E-state index in [9.17, 15) is 8.42 Å². The van der Waals surface area contributed by atoms with Crippen molar-refractivity contribution in [1.29, 1.82) is 0 Å². The van der Waals surface area contributed by atoms with Gasteiger partial charge in [0.2, 0.25) is 0 Å². The zero-order valence-electron chi connectivity index (χ0n) is 8.78. The second kappa shape index (κ2) is 3.39. The largest absolute Gasteiger partial charge is 0.399 e. The normalized spacial score (nSPS) is 27.9. The molecule has 0 aromatic heterocycles. The quantitative estimate of drug-likeness (QED) is 0.547. The van der Waals surface area contributed by atoms with Crippen molar-refractivity contribution in [2.75, 3.05) is 0 Å². The van der Waals surface area contributed by atoms with Gasteiger partial charge in [0.05, 0.1) is 17.6 Å². The summed E-state index contributed by atoms with van der Waals surface area (Å²) in [6, 6.07) is 0. The summed E-state index contributed by atoms with van der Waals surface area (Å²) in [5, 5.41) is 7.37. The van der Waals surface area contributed by atoms with Crippen molar-refractivity contribution in [3.8, 4) is 0 Å². The van der Waals surface area contributed by atoms with Crippen LogP contribution < -0.4 is 11.5 Å². The Hall–Kier alpha value is -1.71. The molecule has 92 valence electrons. The molecule has 1 heterocycles. The molecule has 0 aromatic rings. The molecule has 5 N–H and O–H groups in total. The number of rotatable bonds is 2. The molecule has 1 aliphatic heterocycles. The number of nitrogens with two attached hydrogens (primary N) is 2. The Bertz CT molecular complexity index is 601. The number of allylic oxidation sites excluding steroid dienone is 1. The molecular formula is C8H10N4O4S. The van der Waals surface area contributed by atoms with Gasteiger partial charge in [-0.05, 0) is 13.0 Å². The Kier molecular flexibility index (Phi) is 2.35. The van der Waals surface area contributed by atoms with Gasteiger partial charge >= 0.3 is 10.4 Å². The van der Waals surface area contributed by atoms with Crippen molar-refractivity contribution in [1.82, 2.24) is 0 Å². The smallest absolute Gasteiger partial charge is 0.398 e. The molecule has 0 spiro atoms. The second-order valence-corrected chi connectivity index (χ2v) is 4.76. The summed E-state index contributed by atoms with van der Waals surface area (Å²) < 4.78 is 34.8. The monoisotopic (exact) mass is 258 g/mol. The van der Waals surface area contributed by atoms with Gasteiger partial charge in [0.15, 0.2) is 0 Å². The van der Waals surface area contributed by atoms with E-state index in [0.717, 1.165) is 0 Å². The van der Waals surface area contributed by atoms with Crippen LogP contribution in [-0.4, -0.2) is 30.5 Å². The molecule has 0 radical (unpaired) electrons. The first-order valence-electron chi connectivity index (χ1n) is 4.51. The standard InChI is InChI=1S/C8H10N4O4S/c1-8(16-17(13,14)15)2-5(9)6-4(7(8)10)3-11-12-6/h2-3H,9-10H2,1H3,(H,13,14,15). The third-order valence-electron chi connectivity index (χ3n) is 2.41. The van der Waals surface area contributed by atoms with Crippen molar-refractivity contribution in [3.05, 3.63) is 23.0 Å². The Morgan fingerprint density at radius 3 is 2.71 bits per heavy atom. The Balaban J connectivity index is 2.54. The Morgan fingerprint density at radius 2 is 2.12 bits per heavy atom. The highest BCUT2D eigenvalue weighted by Crippen LogP contribution is 2.31. The predicted octanol–water partition coefficient (Wildman–Crippen LogP) is -0.926. The molecule has 0 fully saturated rings. The summed E-state index contributed by atoms with van der Waals surface area (Å²) in [5.74, 6) is 0. The lowest BCUT2D eigenvalue weighted by molar-refractivity contribution is 0.158. The van der Waals surface area contributed by atoms with Gasteiger partial charge in [-0.1, -0.05) is 0 Å². The van der Waals surface area contributed by atoms with Gasteiger partial charge in [-0.15, -0.1) is 5.10 Å². The molecule has 2 aliphatic rings. The van der Waals surface area contributed by atoms with E-state index < -0.39 is 16.0 Å². The summed E-state index contributed by atoms with van der Waals surface area (Å²) >= 11 is 0. The Morgan fingerprint density at radius 1 is 1.47 bits per heavy atom. The van der Waals surface area contributed by atoms with Crippen LogP contribution >= 0.6 is 0 Å². The molecule has 0 aromatic carbocycles. The molecule has 17 heavy (non-hydrogen) atoms. The van der Waals surface area contributed by atoms with Crippen molar-refractivity contribution in [3.63, 3.8) is 0 Å². The lowest BCUT2D eigenvalue weighted by atomic mass is 9.88. The van der Waals surface area contributed by atoms with Crippen molar-refractivity contribution < 1.29 is 17.2 Å². The molecule has 0 bridgehead atoms. The SMILES string of the molecule is CC1(OS(=O)(=O)O)C=C(N)C2=NN=CC2=C1N. The molecular weight excluding hydrogens is 248 g/mol. The number of hydrogen-bond donors (Lipinski definition) is 3. The van der Waals surface area contributed by atoms with Crippen LogP contribution in [0.5, 0.6) is 0 Å². The minimum absolute atomic E-state index is 0.0596. The number of nitrogens with zero attached hydrogens (tertiary/aromatic N) is 2. The fourth-order valence-corrected chi connectivity index (χ4v) is 2.24. The third kappa shape index (κ3) is 1.95. The predicted molar refractivity (Wildman–Crippen MR) is 60.4 cm³/mol. The number of fused-ring (bicyclic) bond motifs is 1. The van der Waals surface area contributed by atoms with E-state index in [-0.39, 0.29) is 11.4 Å². The molecule has 2 rings (SSSR count). The third-order valence-corrected chi connectivity index (χ3v) is 2.96. The lowest BCUT2D eigenvalue weighted by Crippen LogP contribution is -2.42. The maximum atomic E-state index is 10.8. The van der Waals surface area contributed by atoms with Crippen LogP contribution in [0.15, 0.2) is 33.2 Å². The van der Waals surface area contributed by atoms with E-state index in [4.69, 9.17) is 16.0 Å². The van der Waals surface area contributed by atoms with Gasteiger partial charge in [0.25, 0.3) is 0 Å². The molecule has 1 atom stereocenters. The minimum Gasteiger partial charge on any atom is -0.399 e. The maximum absolute atomic E-state index is 10.8. The lowest BCUT2D eigenvalue weighted by Gasteiger charge is -2.29. The van der Waals surface area contributed by atoms with Crippen LogP contribution in [0.25, 0.3) is 0 Å². The van der Waals surface area contributed by atoms with Crippen LogP contribution in [0, 0.1) is 0 Å². The zero-order chi connectivity index (χ0) is 12.8. The van der Waals surface area contributed by atoms with Gasteiger partial charge in [-0.2, -0.15) is 13.5 Å². The van der Waals surface area contributed by atoms with Crippen molar-refractivity contribution in [2.24, 2.45) is 21.7 Å². The molecule has 0 saturated carbocycles. The van der Waals surface area contributed by atoms with Crippen molar-refractivity contribution >= 4 is 22.3 Å². The van der Waals surface area contributed by atoms with E-state index in [0.29, 0.717) is 11.3 Å². The topological polar surface area (TPSA) is 140 Å². The average molecular weight is 258 g/mol. The van der Waals surface area contributed by atoms with Gasteiger partial charge in [-0.3, -0.25) is 4.55 Å². The molecule has 8 nitrogen and oxygen atoms in total. The van der Waals surface area contributed by atoms with Crippen LogP contribution in [0.2, 0.25) is 0 Å². The van der Waals surface area contributed by atoms with Crippen LogP contribution in [0.4, 0.5) is 0 Å². The first kappa shape index (κ1) is 11.8. The first-order valence-corrected chi connectivity index (χ1v) is 5.88. The van der Waals surface area contributed by atoms with Gasteiger partial charge in [-0.25, -0.2) is 4.18 Å². The summed E-state index contributed by atoms with van der Waals surface area (Å²) in [7, 11) is -4.67. The summed E-state index contributed by atoms with van der Waals surface area (Å²) in [5.41, 5.74) is 10.9. The van der Waals surface area contributed by atoms with Crippen LogP contribution in [0.3, 0.4) is 0 Å². The van der Waals surface area contributed by atoms with E-state index in [1.54, 1.807) is 0 Å². The van der Waals surface area contributed by atoms with E-state index in [2.05, 4.69) is 14.4 Å². The first-order chi connectivity index (χ1) is 7.73. The Labute approximate surface area is 97.3 Å². The minimum atomic E-state index is -4.67. The van der Waals surface area contributed by atoms with Gasteiger partial charge < -0.3 is 11.5 Å². The van der Waals surface area contributed by atoms with E-state index >= 15 is 0 Å². The van der Waals surface area contributed by atoms with Gasteiger partial charge in [0.1, 0.15) is 11.3 Å². The molecule has 1 unspecified atom stereocenters. The summed E-state index contributed by atoms with van der Waals surface area (Å²) in [6.45, 7) is 1.36. The molecule has 9 heteroatoms. The highest BCUT2D eigenvalue weighted by molar-refractivity contribution is 7.80. The van der Waals surface area contributed by atoms with Gasteiger partial charge in [0, 0.05) is 5.57 Å². The highest BCUT2D eigenvalue weighted by atomic mass is 32.3. The molecule has 0 saturated heterocycles. The van der Waals surface area contributed by atoms with Crippen LogP contribution in [0.1, 0.15) is 6.92 Å².